The Morgan fingerprint density at radius 2 is 2.21 bits per heavy atom. The largest absolute Gasteiger partial charge is 0.289 e. The van der Waals surface area contributed by atoms with Crippen molar-refractivity contribution in [3.63, 3.8) is 0 Å². The van der Waals surface area contributed by atoms with E-state index in [9.17, 15) is 4.79 Å². The molecule has 0 saturated carbocycles. The summed E-state index contributed by atoms with van der Waals surface area (Å²) in [5, 5.41) is 0. The molecule has 70 valence electrons. The molecule has 0 radical (unpaired) electrons. The van der Waals surface area contributed by atoms with Crippen molar-refractivity contribution in [3.8, 4) is 0 Å². The van der Waals surface area contributed by atoms with Crippen LogP contribution < -0.4 is 0 Å². The standard InChI is InChI=1S/C13H12O/c1-3-6-11-9(2)10-7-4-5-8-12(10)13(11)14/h3,5-6,8H,1-2,4,7H2/b11-6+. The van der Waals surface area contributed by atoms with Crippen molar-refractivity contribution in [2.45, 2.75) is 12.8 Å². The van der Waals surface area contributed by atoms with Gasteiger partial charge in [0.25, 0.3) is 0 Å². The first-order valence-corrected chi connectivity index (χ1v) is 4.72. The van der Waals surface area contributed by atoms with Gasteiger partial charge in [0.1, 0.15) is 0 Å². The number of carbonyl (C=O) groups is 1. The lowest BCUT2D eigenvalue weighted by Crippen LogP contribution is -1.98. The zero-order valence-electron chi connectivity index (χ0n) is 8.05. The van der Waals surface area contributed by atoms with E-state index in [1.807, 2.05) is 12.2 Å². The summed E-state index contributed by atoms with van der Waals surface area (Å²) in [6, 6.07) is 0. The monoisotopic (exact) mass is 184 g/mol. The Balaban J connectivity index is 2.50. The van der Waals surface area contributed by atoms with Gasteiger partial charge in [0, 0.05) is 11.1 Å². The van der Waals surface area contributed by atoms with Crippen molar-refractivity contribution < 1.29 is 4.79 Å². The highest BCUT2D eigenvalue weighted by atomic mass is 16.1. The molecule has 0 saturated heterocycles. The van der Waals surface area contributed by atoms with E-state index in [0.29, 0.717) is 5.57 Å². The first-order valence-electron chi connectivity index (χ1n) is 4.72. The van der Waals surface area contributed by atoms with E-state index >= 15 is 0 Å². The normalized spacial score (nSPS) is 23.3. The van der Waals surface area contributed by atoms with Crippen LogP contribution in [0.4, 0.5) is 0 Å². The van der Waals surface area contributed by atoms with Crippen LogP contribution in [0.5, 0.6) is 0 Å². The molecule has 0 unspecified atom stereocenters. The third-order valence-corrected chi connectivity index (χ3v) is 2.63. The first-order chi connectivity index (χ1) is 6.75. The van der Waals surface area contributed by atoms with Crippen molar-refractivity contribution in [1.29, 1.82) is 0 Å². The SMILES string of the molecule is C=C/C=C1\C(=C)C2=C(C=CCC2)C1=O. The molecule has 0 aliphatic heterocycles. The van der Waals surface area contributed by atoms with E-state index < -0.39 is 0 Å². The van der Waals surface area contributed by atoms with E-state index in [1.54, 1.807) is 12.2 Å². The highest BCUT2D eigenvalue weighted by Gasteiger charge is 2.29. The van der Waals surface area contributed by atoms with E-state index in [1.165, 1.54) is 0 Å². The number of hydrogen-bond donors (Lipinski definition) is 0. The van der Waals surface area contributed by atoms with Crippen LogP contribution >= 0.6 is 0 Å². The van der Waals surface area contributed by atoms with Gasteiger partial charge in [-0.2, -0.15) is 0 Å². The lowest BCUT2D eigenvalue weighted by Gasteiger charge is -2.06. The lowest BCUT2D eigenvalue weighted by atomic mass is 9.98. The van der Waals surface area contributed by atoms with Crippen molar-refractivity contribution in [3.05, 3.63) is 59.8 Å². The summed E-state index contributed by atoms with van der Waals surface area (Å²) in [6.07, 6.45) is 9.28. The Morgan fingerprint density at radius 1 is 1.43 bits per heavy atom. The zero-order chi connectivity index (χ0) is 10.1. The van der Waals surface area contributed by atoms with Gasteiger partial charge >= 0.3 is 0 Å². The molecule has 0 fully saturated rings. The zero-order valence-corrected chi connectivity index (χ0v) is 8.05. The Hall–Kier alpha value is -1.63. The molecule has 0 bridgehead atoms. The molecule has 0 atom stereocenters. The number of rotatable bonds is 1. The molecular weight excluding hydrogens is 172 g/mol. The van der Waals surface area contributed by atoms with Crippen LogP contribution in [0.25, 0.3) is 0 Å². The second-order valence-electron chi connectivity index (χ2n) is 3.46. The average molecular weight is 184 g/mol. The van der Waals surface area contributed by atoms with Crippen LogP contribution in [-0.4, -0.2) is 5.78 Å². The molecule has 0 spiro atoms. The highest BCUT2D eigenvalue weighted by Crippen LogP contribution is 2.37. The smallest absolute Gasteiger partial charge is 0.193 e. The minimum absolute atomic E-state index is 0.0980. The molecule has 2 aliphatic rings. The third kappa shape index (κ3) is 1.13. The fourth-order valence-electron chi connectivity index (χ4n) is 1.93. The van der Waals surface area contributed by atoms with Gasteiger partial charge in [0.2, 0.25) is 0 Å². The van der Waals surface area contributed by atoms with Crippen LogP contribution in [-0.2, 0) is 4.79 Å². The van der Waals surface area contributed by atoms with Gasteiger partial charge in [-0.3, -0.25) is 4.79 Å². The van der Waals surface area contributed by atoms with Gasteiger partial charge in [-0.25, -0.2) is 0 Å². The molecule has 0 aromatic rings. The maximum Gasteiger partial charge on any atom is 0.193 e. The summed E-state index contributed by atoms with van der Waals surface area (Å²) in [4.78, 5) is 11.9. The van der Waals surface area contributed by atoms with Crippen molar-refractivity contribution in [1.82, 2.24) is 0 Å². The van der Waals surface area contributed by atoms with Gasteiger partial charge in [0.05, 0.1) is 0 Å². The van der Waals surface area contributed by atoms with Crippen LogP contribution in [0.1, 0.15) is 12.8 Å². The molecule has 0 N–H and O–H groups in total. The predicted molar refractivity (Wildman–Crippen MR) is 57.8 cm³/mol. The predicted octanol–water partition coefficient (Wildman–Crippen LogP) is 2.88. The summed E-state index contributed by atoms with van der Waals surface area (Å²) < 4.78 is 0. The molecule has 0 aromatic heterocycles. The Bertz CT molecular complexity index is 417. The topological polar surface area (TPSA) is 17.1 Å². The fraction of sp³-hybridized carbons (Fsp3) is 0.154. The average Bonchev–Trinajstić information content (AvgIpc) is 2.45. The lowest BCUT2D eigenvalue weighted by molar-refractivity contribution is -0.111. The third-order valence-electron chi connectivity index (χ3n) is 2.63. The second kappa shape index (κ2) is 3.26. The molecule has 0 heterocycles. The molecule has 1 heteroatoms. The Kier molecular flexibility index (Phi) is 2.08. The highest BCUT2D eigenvalue weighted by molar-refractivity contribution is 6.18. The van der Waals surface area contributed by atoms with Crippen molar-refractivity contribution in [2.24, 2.45) is 0 Å². The van der Waals surface area contributed by atoms with Crippen molar-refractivity contribution in [2.75, 3.05) is 0 Å². The summed E-state index contributed by atoms with van der Waals surface area (Å²) >= 11 is 0. The minimum atomic E-state index is 0.0980. The van der Waals surface area contributed by atoms with E-state index in [2.05, 4.69) is 13.2 Å². The van der Waals surface area contributed by atoms with Crippen LogP contribution in [0, 0.1) is 0 Å². The number of ketones is 1. The summed E-state index contributed by atoms with van der Waals surface area (Å²) in [5.74, 6) is 0.0980. The molecule has 0 amide bonds. The molecule has 14 heavy (non-hydrogen) atoms. The van der Waals surface area contributed by atoms with Crippen LogP contribution in [0.3, 0.4) is 0 Å². The number of hydrogen-bond acceptors (Lipinski definition) is 1. The van der Waals surface area contributed by atoms with Gasteiger partial charge in [0.15, 0.2) is 5.78 Å². The maximum atomic E-state index is 11.9. The van der Waals surface area contributed by atoms with Gasteiger partial charge in [-0.1, -0.05) is 37.5 Å². The van der Waals surface area contributed by atoms with Gasteiger partial charge in [-0.05, 0) is 24.0 Å². The summed E-state index contributed by atoms with van der Waals surface area (Å²) in [7, 11) is 0. The molecule has 2 aliphatic carbocycles. The van der Waals surface area contributed by atoms with Gasteiger partial charge < -0.3 is 0 Å². The fourth-order valence-corrected chi connectivity index (χ4v) is 1.93. The van der Waals surface area contributed by atoms with E-state index in [4.69, 9.17) is 0 Å². The number of carbonyl (C=O) groups excluding carboxylic acids is 1. The molecular formula is C13H12O. The molecule has 2 rings (SSSR count). The van der Waals surface area contributed by atoms with Gasteiger partial charge in [-0.15, -0.1) is 0 Å². The summed E-state index contributed by atoms with van der Waals surface area (Å²) in [6.45, 7) is 7.56. The Labute approximate surface area is 83.8 Å². The maximum absolute atomic E-state index is 11.9. The van der Waals surface area contributed by atoms with Crippen molar-refractivity contribution >= 4 is 5.78 Å². The summed E-state index contributed by atoms with van der Waals surface area (Å²) in [5.41, 5.74) is 3.53. The Morgan fingerprint density at radius 3 is 2.86 bits per heavy atom. The minimum Gasteiger partial charge on any atom is -0.289 e. The number of Topliss-reactive ketones (excluding diaryl/α,β-unsaturated/α-hetero) is 1. The van der Waals surface area contributed by atoms with Crippen LogP contribution in [0.2, 0.25) is 0 Å². The number of allylic oxidation sites excluding steroid dienone is 8. The quantitative estimate of drug-likeness (QED) is 0.573. The first kappa shape index (κ1) is 8.95. The molecule has 0 aromatic carbocycles. The second-order valence-corrected chi connectivity index (χ2v) is 3.46. The van der Waals surface area contributed by atoms with E-state index in [-0.39, 0.29) is 5.78 Å². The molecule has 1 nitrogen and oxygen atoms in total. The van der Waals surface area contributed by atoms with E-state index in [0.717, 1.165) is 29.6 Å². The van der Waals surface area contributed by atoms with Crippen LogP contribution in [0.15, 0.2) is 59.8 Å².